The summed E-state index contributed by atoms with van der Waals surface area (Å²) in [6.45, 7) is 18.7. The maximum absolute atomic E-state index is 12.2. The molecule has 1 aliphatic heterocycles. The van der Waals surface area contributed by atoms with Crippen molar-refractivity contribution < 1.29 is 9.53 Å². The van der Waals surface area contributed by atoms with Gasteiger partial charge in [0.15, 0.2) is 0 Å². The van der Waals surface area contributed by atoms with Crippen LogP contribution in [0.15, 0.2) is 12.1 Å². The molecule has 1 fully saturated rings. The van der Waals surface area contributed by atoms with Crippen molar-refractivity contribution in [3.63, 3.8) is 0 Å². The molecule has 1 aromatic rings. The number of piperazine rings is 1. The van der Waals surface area contributed by atoms with E-state index >= 15 is 0 Å². The zero-order chi connectivity index (χ0) is 21.1. The van der Waals surface area contributed by atoms with Gasteiger partial charge in [-0.1, -0.05) is 25.6 Å². The van der Waals surface area contributed by atoms with E-state index in [2.05, 4.69) is 77.7 Å². The van der Waals surface area contributed by atoms with E-state index in [-0.39, 0.29) is 6.09 Å². The Balaban J connectivity index is 2.03. The van der Waals surface area contributed by atoms with E-state index < -0.39 is 13.7 Å². The Morgan fingerprint density at radius 2 is 1.79 bits per heavy atom. The minimum absolute atomic E-state index is 0.207. The first kappa shape index (κ1) is 23.2. The second-order valence-electron chi connectivity index (χ2n) is 9.49. The number of hydrogen-bond acceptors (Lipinski definition) is 3. The topological polar surface area (TPSA) is 32.8 Å². The number of carbonyl (C=O) groups excluding carboxylic acids is 1. The number of carbonyl (C=O) groups is 1. The Morgan fingerprint density at radius 3 is 2.32 bits per heavy atom. The second-order valence-corrected chi connectivity index (χ2v) is 15.4. The van der Waals surface area contributed by atoms with Crippen LogP contribution < -0.4 is 0 Å². The standard InChI is InChI=1S/C22H33IN2O2Si/c1-17-19(14-18(15-20(17)23)8-13-28(5,6)7)16-24-9-11-25(12-10-24)21(26)27-22(2,3)4/h14-15H,9-12,16H2,1-7H3. The summed E-state index contributed by atoms with van der Waals surface area (Å²) in [5, 5.41) is 0. The van der Waals surface area contributed by atoms with Gasteiger partial charge in [0.2, 0.25) is 0 Å². The zero-order valence-electron chi connectivity index (χ0n) is 18.3. The van der Waals surface area contributed by atoms with Gasteiger partial charge in [0, 0.05) is 41.9 Å². The van der Waals surface area contributed by atoms with Gasteiger partial charge in [0.1, 0.15) is 13.7 Å². The van der Waals surface area contributed by atoms with Crippen molar-refractivity contribution in [2.45, 2.75) is 59.5 Å². The molecule has 1 saturated heterocycles. The predicted octanol–water partition coefficient (Wildman–Crippen LogP) is 4.88. The van der Waals surface area contributed by atoms with E-state index in [1.165, 1.54) is 14.7 Å². The van der Waals surface area contributed by atoms with Crippen molar-refractivity contribution in [1.29, 1.82) is 0 Å². The second kappa shape index (κ2) is 9.18. The van der Waals surface area contributed by atoms with E-state index in [0.29, 0.717) is 13.1 Å². The monoisotopic (exact) mass is 512 g/mol. The van der Waals surface area contributed by atoms with Gasteiger partial charge in [-0.05, 0) is 73.5 Å². The molecular weight excluding hydrogens is 479 g/mol. The van der Waals surface area contributed by atoms with Crippen LogP contribution >= 0.6 is 22.6 Å². The average molecular weight is 513 g/mol. The molecular formula is C22H33IN2O2Si. The fourth-order valence-electron chi connectivity index (χ4n) is 2.89. The van der Waals surface area contributed by atoms with Crippen LogP contribution in [0.25, 0.3) is 0 Å². The largest absolute Gasteiger partial charge is 0.444 e. The van der Waals surface area contributed by atoms with Crippen LogP contribution in [0.2, 0.25) is 19.6 Å². The van der Waals surface area contributed by atoms with Crippen molar-refractivity contribution >= 4 is 36.8 Å². The van der Waals surface area contributed by atoms with Crippen LogP contribution in [0.3, 0.4) is 0 Å². The first-order valence-electron chi connectivity index (χ1n) is 9.86. The van der Waals surface area contributed by atoms with Crippen molar-refractivity contribution in [2.75, 3.05) is 26.2 Å². The van der Waals surface area contributed by atoms with Gasteiger partial charge in [-0.15, -0.1) is 5.54 Å². The number of rotatable bonds is 2. The smallest absolute Gasteiger partial charge is 0.410 e. The minimum atomic E-state index is -1.39. The van der Waals surface area contributed by atoms with Gasteiger partial charge in [0.05, 0.1) is 0 Å². The van der Waals surface area contributed by atoms with Crippen molar-refractivity contribution in [3.05, 3.63) is 32.4 Å². The van der Waals surface area contributed by atoms with Crippen LogP contribution in [-0.4, -0.2) is 55.7 Å². The summed E-state index contributed by atoms with van der Waals surface area (Å²) in [7, 11) is -1.39. The first-order valence-corrected chi connectivity index (χ1v) is 14.4. The molecule has 4 nitrogen and oxygen atoms in total. The lowest BCUT2D eigenvalue weighted by Crippen LogP contribution is -2.49. The molecule has 0 saturated carbocycles. The van der Waals surface area contributed by atoms with Crippen LogP contribution in [0, 0.1) is 22.0 Å². The van der Waals surface area contributed by atoms with E-state index in [0.717, 1.165) is 25.2 Å². The van der Waals surface area contributed by atoms with E-state index in [9.17, 15) is 4.79 Å². The van der Waals surface area contributed by atoms with Crippen LogP contribution in [0.4, 0.5) is 4.79 Å². The highest BCUT2D eigenvalue weighted by Crippen LogP contribution is 2.21. The van der Waals surface area contributed by atoms with Gasteiger partial charge >= 0.3 is 6.09 Å². The van der Waals surface area contributed by atoms with Crippen LogP contribution in [0.5, 0.6) is 0 Å². The molecule has 0 N–H and O–H groups in total. The number of benzene rings is 1. The lowest BCUT2D eigenvalue weighted by Gasteiger charge is -2.35. The summed E-state index contributed by atoms with van der Waals surface area (Å²) in [4.78, 5) is 16.5. The molecule has 1 aliphatic rings. The Kier molecular flexibility index (Phi) is 7.62. The molecule has 1 heterocycles. The average Bonchev–Trinajstić information content (AvgIpc) is 2.55. The molecule has 0 radical (unpaired) electrons. The summed E-state index contributed by atoms with van der Waals surface area (Å²) >= 11 is 2.41. The molecule has 0 aromatic heterocycles. The fraction of sp³-hybridized carbons (Fsp3) is 0.591. The Morgan fingerprint density at radius 1 is 1.18 bits per heavy atom. The van der Waals surface area contributed by atoms with E-state index in [1.54, 1.807) is 0 Å². The molecule has 0 bridgehead atoms. The summed E-state index contributed by atoms with van der Waals surface area (Å²) in [5.41, 5.74) is 6.79. The lowest BCUT2D eigenvalue weighted by molar-refractivity contribution is 0.0139. The molecule has 1 amide bonds. The van der Waals surface area contributed by atoms with Gasteiger partial charge in [0.25, 0.3) is 0 Å². The molecule has 0 atom stereocenters. The molecule has 0 unspecified atom stereocenters. The number of ether oxygens (including phenoxy) is 1. The Bertz CT molecular complexity index is 777. The molecule has 0 spiro atoms. The zero-order valence-corrected chi connectivity index (χ0v) is 21.4. The maximum atomic E-state index is 12.2. The summed E-state index contributed by atoms with van der Waals surface area (Å²) < 4.78 is 6.76. The summed E-state index contributed by atoms with van der Waals surface area (Å²) in [6, 6.07) is 4.43. The van der Waals surface area contributed by atoms with Crippen molar-refractivity contribution in [3.8, 4) is 11.5 Å². The third kappa shape index (κ3) is 7.41. The Hall–Kier alpha value is -1.04. The van der Waals surface area contributed by atoms with Crippen molar-refractivity contribution in [2.24, 2.45) is 0 Å². The highest BCUT2D eigenvalue weighted by atomic mass is 127. The quantitative estimate of drug-likeness (QED) is 0.322. The SMILES string of the molecule is Cc1c(I)cc(C#C[Si](C)(C)C)cc1CN1CCN(C(=O)OC(C)(C)C)CC1. The first-order chi connectivity index (χ1) is 12.8. The van der Waals surface area contributed by atoms with Crippen molar-refractivity contribution in [1.82, 2.24) is 9.80 Å². The molecule has 1 aromatic carbocycles. The van der Waals surface area contributed by atoms with Crippen LogP contribution in [0.1, 0.15) is 37.5 Å². The molecule has 0 aliphatic carbocycles. The van der Waals surface area contributed by atoms with E-state index in [4.69, 9.17) is 4.74 Å². The maximum Gasteiger partial charge on any atom is 0.410 e. The molecule has 2 rings (SSSR count). The van der Waals surface area contributed by atoms with Gasteiger partial charge < -0.3 is 9.64 Å². The van der Waals surface area contributed by atoms with E-state index in [1.807, 2.05) is 25.7 Å². The molecule has 154 valence electrons. The lowest BCUT2D eigenvalue weighted by atomic mass is 10.0. The fourth-order valence-corrected chi connectivity index (χ4v) is 4.09. The third-order valence-corrected chi connectivity index (χ3v) is 6.45. The summed E-state index contributed by atoms with van der Waals surface area (Å²) in [6.07, 6.45) is -0.207. The third-order valence-electron chi connectivity index (χ3n) is 4.45. The predicted molar refractivity (Wildman–Crippen MR) is 127 cm³/mol. The molecule has 28 heavy (non-hydrogen) atoms. The number of halogens is 1. The normalized spacial score (nSPS) is 15.8. The molecule has 6 heteroatoms. The highest BCUT2D eigenvalue weighted by Gasteiger charge is 2.26. The number of nitrogens with zero attached hydrogens (tertiary/aromatic N) is 2. The summed E-state index contributed by atoms with van der Waals surface area (Å²) in [5.74, 6) is 3.39. The van der Waals surface area contributed by atoms with Crippen LogP contribution in [-0.2, 0) is 11.3 Å². The van der Waals surface area contributed by atoms with Gasteiger partial charge in [-0.2, -0.15) is 0 Å². The van der Waals surface area contributed by atoms with Gasteiger partial charge in [-0.3, -0.25) is 4.90 Å². The number of amides is 1. The Labute approximate surface area is 185 Å². The minimum Gasteiger partial charge on any atom is -0.444 e. The number of hydrogen-bond donors (Lipinski definition) is 0. The van der Waals surface area contributed by atoms with Gasteiger partial charge in [-0.25, -0.2) is 4.79 Å². The highest BCUT2D eigenvalue weighted by molar-refractivity contribution is 14.1.